The molecule has 1 aromatic carbocycles. The Balaban J connectivity index is 1.60. The van der Waals surface area contributed by atoms with Gasteiger partial charge in [-0.3, -0.25) is 14.4 Å². The molecule has 0 aromatic heterocycles. The standard InChI is InChI=1S/C20H26N2O6/c1-27-16-8-7-15(10-17(16)28-2)22-11-13(9-18(22)23)19(24)21-14-5-3-12(4-6-14)20(25)26/h7-8,10,12-14H,3-6,9,11H2,1-2H3,(H,21,24)(H,25,26). The molecule has 1 aromatic rings. The van der Waals surface area contributed by atoms with Gasteiger partial charge in [0.2, 0.25) is 11.8 Å². The SMILES string of the molecule is COc1ccc(N2CC(C(=O)NC3CCC(C(=O)O)CC3)CC2=O)cc1OC. The van der Waals surface area contributed by atoms with Gasteiger partial charge in [0.05, 0.1) is 26.1 Å². The third-order valence-corrected chi connectivity index (χ3v) is 5.60. The van der Waals surface area contributed by atoms with Crippen molar-refractivity contribution < 1.29 is 29.0 Å². The molecule has 8 heteroatoms. The van der Waals surface area contributed by atoms with E-state index >= 15 is 0 Å². The topological polar surface area (TPSA) is 105 Å². The number of carboxylic acids is 1. The van der Waals surface area contributed by atoms with Crippen molar-refractivity contribution in [3.63, 3.8) is 0 Å². The molecule has 0 radical (unpaired) electrons. The maximum absolute atomic E-state index is 12.6. The molecule has 2 fully saturated rings. The molecule has 3 rings (SSSR count). The third-order valence-electron chi connectivity index (χ3n) is 5.60. The Kier molecular flexibility index (Phi) is 6.06. The van der Waals surface area contributed by atoms with Crippen molar-refractivity contribution in [1.82, 2.24) is 5.32 Å². The van der Waals surface area contributed by atoms with Gasteiger partial charge in [0.1, 0.15) is 0 Å². The van der Waals surface area contributed by atoms with Crippen molar-refractivity contribution in [2.45, 2.75) is 38.1 Å². The summed E-state index contributed by atoms with van der Waals surface area (Å²) < 4.78 is 10.5. The van der Waals surface area contributed by atoms with Crippen LogP contribution in [0.5, 0.6) is 11.5 Å². The molecular weight excluding hydrogens is 364 g/mol. The number of nitrogens with zero attached hydrogens (tertiary/aromatic N) is 1. The van der Waals surface area contributed by atoms with E-state index in [-0.39, 0.29) is 30.2 Å². The second-order valence-electron chi connectivity index (χ2n) is 7.34. The summed E-state index contributed by atoms with van der Waals surface area (Å²) in [5.41, 5.74) is 0.667. The van der Waals surface area contributed by atoms with Crippen molar-refractivity contribution in [3.05, 3.63) is 18.2 Å². The van der Waals surface area contributed by atoms with Gasteiger partial charge in [-0.1, -0.05) is 0 Å². The second kappa shape index (κ2) is 8.50. The van der Waals surface area contributed by atoms with Gasteiger partial charge in [-0.15, -0.1) is 0 Å². The molecule has 2 N–H and O–H groups in total. The number of ether oxygens (including phenoxy) is 2. The lowest BCUT2D eigenvalue weighted by molar-refractivity contribution is -0.142. The number of aliphatic carboxylic acids is 1. The summed E-state index contributed by atoms with van der Waals surface area (Å²) in [4.78, 5) is 37.7. The average molecular weight is 390 g/mol. The molecular formula is C20H26N2O6. The summed E-state index contributed by atoms with van der Waals surface area (Å²) in [5, 5.41) is 12.1. The van der Waals surface area contributed by atoms with Gasteiger partial charge in [0.15, 0.2) is 11.5 Å². The highest BCUT2D eigenvalue weighted by atomic mass is 16.5. The highest BCUT2D eigenvalue weighted by molar-refractivity contribution is 6.00. The number of hydrogen-bond acceptors (Lipinski definition) is 5. The monoisotopic (exact) mass is 390 g/mol. The molecule has 152 valence electrons. The zero-order valence-corrected chi connectivity index (χ0v) is 16.1. The summed E-state index contributed by atoms with van der Waals surface area (Å²) in [6.45, 7) is 0.310. The number of carboxylic acid groups (broad SMARTS) is 1. The van der Waals surface area contributed by atoms with Crippen LogP contribution in [0.3, 0.4) is 0 Å². The van der Waals surface area contributed by atoms with Crippen molar-refractivity contribution in [1.29, 1.82) is 0 Å². The smallest absolute Gasteiger partial charge is 0.306 e. The molecule has 2 amide bonds. The lowest BCUT2D eigenvalue weighted by atomic mass is 9.86. The quantitative estimate of drug-likeness (QED) is 0.768. The molecule has 1 saturated carbocycles. The van der Waals surface area contributed by atoms with Gasteiger partial charge in [-0.05, 0) is 37.8 Å². The van der Waals surface area contributed by atoms with E-state index in [0.717, 1.165) is 0 Å². The Morgan fingerprint density at radius 2 is 1.75 bits per heavy atom. The highest BCUT2D eigenvalue weighted by Crippen LogP contribution is 2.34. The van der Waals surface area contributed by atoms with E-state index in [9.17, 15) is 14.4 Å². The fraction of sp³-hybridized carbons (Fsp3) is 0.550. The van der Waals surface area contributed by atoms with Gasteiger partial charge in [0, 0.05) is 30.8 Å². The van der Waals surface area contributed by atoms with Crippen LogP contribution in [-0.4, -0.2) is 49.7 Å². The van der Waals surface area contributed by atoms with Crippen molar-refractivity contribution >= 4 is 23.5 Å². The van der Waals surface area contributed by atoms with E-state index in [1.54, 1.807) is 30.2 Å². The number of nitrogens with one attached hydrogen (secondary N) is 1. The van der Waals surface area contributed by atoms with E-state index in [2.05, 4.69) is 5.32 Å². The molecule has 1 saturated heterocycles. The number of benzene rings is 1. The van der Waals surface area contributed by atoms with Crippen LogP contribution >= 0.6 is 0 Å². The predicted octanol–water partition coefficient (Wildman–Crippen LogP) is 1.82. The van der Waals surface area contributed by atoms with E-state index < -0.39 is 11.9 Å². The van der Waals surface area contributed by atoms with E-state index in [0.29, 0.717) is 49.4 Å². The molecule has 1 aliphatic heterocycles. The summed E-state index contributed by atoms with van der Waals surface area (Å²) in [6, 6.07) is 5.21. The minimum absolute atomic E-state index is 0.0201. The van der Waals surface area contributed by atoms with E-state index in [1.165, 1.54) is 7.11 Å². The van der Waals surface area contributed by atoms with Gasteiger partial charge in [-0.25, -0.2) is 0 Å². The van der Waals surface area contributed by atoms with Crippen molar-refractivity contribution in [3.8, 4) is 11.5 Å². The van der Waals surface area contributed by atoms with Crippen LogP contribution in [0.4, 0.5) is 5.69 Å². The Morgan fingerprint density at radius 1 is 1.07 bits per heavy atom. The van der Waals surface area contributed by atoms with E-state index in [4.69, 9.17) is 14.6 Å². The lowest BCUT2D eigenvalue weighted by Gasteiger charge is -2.27. The first-order valence-electron chi connectivity index (χ1n) is 9.48. The molecule has 1 unspecified atom stereocenters. The Bertz CT molecular complexity index is 757. The molecule has 28 heavy (non-hydrogen) atoms. The Hall–Kier alpha value is -2.77. The largest absolute Gasteiger partial charge is 0.493 e. The van der Waals surface area contributed by atoms with Crippen LogP contribution in [0.25, 0.3) is 0 Å². The van der Waals surface area contributed by atoms with E-state index in [1.807, 2.05) is 0 Å². The molecule has 8 nitrogen and oxygen atoms in total. The van der Waals surface area contributed by atoms with Gasteiger partial charge in [-0.2, -0.15) is 0 Å². The average Bonchev–Trinajstić information content (AvgIpc) is 3.09. The highest BCUT2D eigenvalue weighted by Gasteiger charge is 2.37. The molecule has 2 aliphatic rings. The summed E-state index contributed by atoms with van der Waals surface area (Å²) >= 11 is 0. The molecule has 1 heterocycles. The van der Waals surface area contributed by atoms with Gasteiger partial charge < -0.3 is 24.8 Å². The maximum atomic E-state index is 12.6. The number of rotatable bonds is 6. The third kappa shape index (κ3) is 4.21. The first-order chi connectivity index (χ1) is 13.4. The maximum Gasteiger partial charge on any atom is 0.306 e. The van der Waals surface area contributed by atoms with Crippen LogP contribution in [0.15, 0.2) is 18.2 Å². The van der Waals surface area contributed by atoms with Crippen LogP contribution in [-0.2, 0) is 14.4 Å². The number of carbonyl (C=O) groups is 3. The molecule has 0 spiro atoms. The zero-order valence-electron chi connectivity index (χ0n) is 16.1. The second-order valence-corrected chi connectivity index (χ2v) is 7.34. The van der Waals surface area contributed by atoms with Crippen LogP contribution in [0, 0.1) is 11.8 Å². The minimum Gasteiger partial charge on any atom is -0.493 e. The fourth-order valence-electron chi connectivity index (χ4n) is 3.93. The van der Waals surface area contributed by atoms with Crippen LogP contribution in [0.1, 0.15) is 32.1 Å². The Labute approximate surface area is 163 Å². The summed E-state index contributed by atoms with van der Waals surface area (Å²) in [7, 11) is 3.08. The number of amides is 2. The minimum atomic E-state index is -0.767. The fourth-order valence-corrected chi connectivity index (χ4v) is 3.93. The lowest BCUT2D eigenvalue weighted by Crippen LogP contribution is -2.42. The normalized spacial score (nSPS) is 24.7. The molecule has 1 aliphatic carbocycles. The summed E-state index contributed by atoms with van der Waals surface area (Å²) in [6.07, 6.45) is 2.61. The zero-order chi connectivity index (χ0) is 20.3. The first-order valence-corrected chi connectivity index (χ1v) is 9.48. The van der Waals surface area contributed by atoms with Crippen molar-refractivity contribution in [2.75, 3.05) is 25.7 Å². The number of hydrogen-bond donors (Lipinski definition) is 2. The number of carbonyl (C=O) groups excluding carboxylic acids is 2. The Morgan fingerprint density at radius 3 is 2.36 bits per heavy atom. The predicted molar refractivity (Wildman–Crippen MR) is 102 cm³/mol. The van der Waals surface area contributed by atoms with Gasteiger partial charge >= 0.3 is 5.97 Å². The first kappa shape index (κ1) is 20.0. The number of anilines is 1. The van der Waals surface area contributed by atoms with Gasteiger partial charge in [0.25, 0.3) is 0 Å². The molecule has 0 bridgehead atoms. The number of methoxy groups -OCH3 is 2. The van der Waals surface area contributed by atoms with Crippen LogP contribution in [0.2, 0.25) is 0 Å². The van der Waals surface area contributed by atoms with Crippen molar-refractivity contribution in [2.24, 2.45) is 11.8 Å². The van der Waals surface area contributed by atoms with Crippen LogP contribution < -0.4 is 19.7 Å². The summed E-state index contributed by atoms with van der Waals surface area (Å²) in [5.74, 6) is -0.659. The molecule has 1 atom stereocenters.